The zero-order chi connectivity index (χ0) is 25.6. The number of ether oxygens (including phenoxy) is 1. The van der Waals surface area contributed by atoms with Crippen LogP contribution in [-0.4, -0.2) is 35.2 Å². The smallest absolute Gasteiger partial charge is 0.316 e. The van der Waals surface area contributed by atoms with Crippen molar-refractivity contribution >= 4 is 40.8 Å². The van der Waals surface area contributed by atoms with E-state index >= 15 is 0 Å². The lowest BCUT2D eigenvalue weighted by Gasteiger charge is -2.18. The van der Waals surface area contributed by atoms with Crippen molar-refractivity contribution in [3.63, 3.8) is 0 Å². The summed E-state index contributed by atoms with van der Waals surface area (Å²) >= 11 is 0. The number of esters is 1. The number of carbonyl (C=O) groups is 4. The fraction of sp³-hybridized carbons (Fsp3) is 0.154. The van der Waals surface area contributed by atoms with Crippen molar-refractivity contribution in [3.05, 3.63) is 93.5 Å². The molecule has 0 unspecified atom stereocenters. The Morgan fingerprint density at radius 2 is 1.61 bits per heavy atom. The topological polar surface area (TPSA) is 127 Å². The Bertz CT molecular complexity index is 1410. The van der Waals surface area contributed by atoms with Gasteiger partial charge in [-0.3, -0.25) is 29.3 Å². The summed E-state index contributed by atoms with van der Waals surface area (Å²) in [7, 11) is 0. The van der Waals surface area contributed by atoms with Crippen LogP contribution in [0.1, 0.15) is 32.7 Å². The van der Waals surface area contributed by atoms with Crippen molar-refractivity contribution in [1.82, 2.24) is 0 Å². The second kappa shape index (κ2) is 8.73. The van der Waals surface area contributed by atoms with Gasteiger partial charge in [0.1, 0.15) is 5.75 Å². The van der Waals surface area contributed by atoms with Gasteiger partial charge in [0.15, 0.2) is 0 Å². The summed E-state index contributed by atoms with van der Waals surface area (Å²) in [5.41, 5.74) is 1.98. The van der Waals surface area contributed by atoms with Crippen molar-refractivity contribution in [2.75, 3.05) is 16.3 Å². The Kier molecular flexibility index (Phi) is 5.56. The number of carbonyl (C=O) groups excluding carboxylic acids is 4. The molecule has 3 aromatic rings. The molecule has 0 radical (unpaired) electrons. The Morgan fingerprint density at radius 3 is 2.19 bits per heavy atom. The summed E-state index contributed by atoms with van der Waals surface area (Å²) < 4.78 is 5.50. The molecule has 1 atom stereocenters. The number of amides is 3. The predicted molar refractivity (Wildman–Crippen MR) is 128 cm³/mol. The van der Waals surface area contributed by atoms with E-state index < -0.39 is 28.6 Å². The maximum atomic E-state index is 12.8. The van der Waals surface area contributed by atoms with Gasteiger partial charge >= 0.3 is 5.97 Å². The second-order valence-corrected chi connectivity index (χ2v) is 8.54. The van der Waals surface area contributed by atoms with Crippen molar-refractivity contribution in [2.45, 2.75) is 13.3 Å². The van der Waals surface area contributed by atoms with E-state index in [0.29, 0.717) is 28.1 Å². The lowest BCUT2D eigenvalue weighted by Crippen LogP contribution is -2.30. The summed E-state index contributed by atoms with van der Waals surface area (Å²) in [4.78, 5) is 63.6. The van der Waals surface area contributed by atoms with E-state index in [1.165, 1.54) is 35.2 Å². The lowest BCUT2D eigenvalue weighted by molar-refractivity contribution is -0.384. The fourth-order valence-corrected chi connectivity index (χ4v) is 4.42. The number of nitro benzene ring substituents is 1. The maximum absolute atomic E-state index is 12.8. The van der Waals surface area contributed by atoms with Crippen LogP contribution in [0.3, 0.4) is 0 Å². The minimum atomic E-state index is -0.719. The fourth-order valence-electron chi connectivity index (χ4n) is 4.42. The number of aryl methyl sites for hydroxylation is 1. The molecule has 0 aliphatic carbocycles. The van der Waals surface area contributed by atoms with Gasteiger partial charge in [0.25, 0.3) is 17.5 Å². The molecule has 1 saturated heterocycles. The van der Waals surface area contributed by atoms with Crippen molar-refractivity contribution < 1.29 is 28.8 Å². The summed E-state index contributed by atoms with van der Waals surface area (Å²) in [6, 6.07) is 16.7. The molecule has 3 aromatic carbocycles. The van der Waals surface area contributed by atoms with E-state index in [9.17, 15) is 29.3 Å². The molecular weight excluding hydrogens is 466 g/mol. The number of fused-ring (bicyclic) bond motifs is 1. The number of benzene rings is 3. The molecule has 0 N–H and O–H groups in total. The van der Waals surface area contributed by atoms with Crippen molar-refractivity contribution in [1.29, 1.82) is 0 Å². The van der Waals surface area contributed by atoms with Crippen LogP contribution in [0.4, 0.5) is 17.1 Å². The number of nitro groups is 1. The number of hydrogen-bond acceptors (Lipinski definition) is 7. The molecule has 36 heavy (non-hydrogen) atoms. The van der Waals surface area contributed by atoms with Crippen LogP contribution >= 0.6 is 0 Å². The molecule has 0 bridgehead atoms. The van der Waals surface area contributed by atoms with Crippen molar-refractivity contribution in [2.24, 2.45) is 5.92 Å². The number of non-ortho nitro benzene ring substituents is 1. The highest BCUT2D eigenvalue weighted by Crippen LogP contribution is 2.33. The van der Waals surface area contributed by atoms with E-state index in [0.717, 1.165) is 4.90 Å². The Hall–Kier alpha value is -4.86. The van der Waals surface area contributed by atoms with Crippen LogP contribution in [0.2, 0.25) is 0 Å². The molecule has 3 amide bonds. The maximum Gasteiger partial charge on any atom is 0.316 e. The van der Waals surface area contributed by atoms with Gasteiger partial charge in [0.2, 0.25) is 5.91 Å². The van der Waals surface area contributed by atoms with Crippen molar-refractivity contribution in [3.8, 4) is 5.75 Å². The van der Waals surface area contributed by atoms with E-state index in [1.54, 1.807) is 43.3 Å². The van der Waals surface area contributed by atoms with Crippen LogP contribution in [0.25, 0.3) is 0 Å². The number of imide groups is 1. The first-order valence-electron chi connectivity index (χ1n) is 11.1. The van der Waals surface area contributed by atoms with E-state index in [2.05, 4.69) is 0 Å². The number of nitrogens with zero attached hydrogens (tertiary/aromatic N) is 3. The SMILES string of the molecule is Cc1cc(OC(=O)[C@H]2CC(=O)N(c3ccc([N+](=O)[O-])cc3)C2)ccc1N1C(=O)c2ccccc2C1=O. The Labute approximate surface area is 204 Å². The summed E-state index contributed by atoms with van der Waals surface area (Å²) in [5, 5.41) is 10.8. The predicted octanol–water partition coefficient (Wildman–Crippen LogP) is 3.66. The van der Waals surface area contributed by atoms with E-state index in [4.69, 9.17) is 4.74 Å². The molecule has 10 heteroatoms. The van der Waals surface area contributed by atoms with Gasteiger partial charge in [0.05, 0.1) is 27.7 Å². The highest BCUT2D eigenvalue weighted by molar-refractivity contribution is 6.34. The zero-order valence-electron chi connectivity index (χ0n) is 19.0. The molecule has 1 fully saturated rings. The summed E-state index contributed by atoms with van der Waals surface area (Å²) in [5.74, 6) is -2.22. The minimum Gasteiger partial charge on any atom is -0.426 e. The average Bonchev–Trinajstić information content (AvgIpc) is 3.37. The van der Waals surface area contributed by atoms with Gasteiger partial charge in [-0.25, -0.2) is 4.90 Å². The summed E-state index contributed by atoms with van der Waals surface area (Å²) in [6.45, 7) is 1.78. The van der Waals surface area contributed by atoms with Crippen LogP contribution in [-0.2, 0) is 9.59 Å². The highest BCUT2D eigenvalue weighted by atomic mass is 16.6. The van der Waals surface area contributed by atoms with E-state index in [-0.39, 0.29) is 30.3 Å². The molecule has 0 aromatic heterocycles. The van der Waals surface area contributed by atoms with Crippen LogP contribution < -0.4 is 14.5 Å². The number of rotatable bonds is 5. The third-order valence-electron chi connectivity index (χ3n) is 6.25. The van der Waals surface area contributed by atoms with Gasteiger partial charge in [-0.1, -0.05) is 12.1 Å². The first-order valence-corrected chi connectivity index (χ1v) is 11.1. The van der Waals surface area contributed by atoms with Crippen LogP contribution in [0.5, 0.6) is 5.75 Å². The number of hydrogen-bond donors (Lipinski definition) is 0. The van der Waals surface area contributed by atoms with Gasteiger partial charge in [-0.2, -0.15) is 0 Å². The largest absolute Gasteiger partial charge is 0.426 e. The van der Waals surface area contributed by atoms with Gasteiger partial charge in [0, 0.05) is 30.8 Å². The Balaban J connectivity index is 1.28. The minimum absolute atomic E-state index is 0.0536. The normalized spacial score (nSPS) is 16.9. The molecule has 10 nitrogen and oxygen atoms in total. The molecule has 2 heterocycles. The lowest BCUT2D eigenvalue weighted by atomic mass is 10.1. The second-order valence-electron chi connectivity index (χ2n) is 8.54. The van der Waals surface area contributed by atoms with E-state index in [1.807, 2.05) is 0 Å². The molecule has 0 spiro atoms. The number of anilines is 2. The first kappa shape index (κ1) is 22.9. The molecule has 0 saturated carbocycles. The van der Waals surface area contributed by atoms with Crippen LogP contribution in [0, 0.1) is 23.0 Å². The average molecular weight is 485 g/mol. The Morgan fingerprint density at radius 1 is 0.972 bits per heavy atom. The monoisotopic (exact) mass is 485 g/mol. The standard InChI is InChI=1S/C26H19N3O7/c1-15-12-19(10-11-22(15)28-24(31)20-4-2-3-5-21(20)25(28)32)36-26(33)16-13-23(30)27(14-16)17-6-8-18(9-7-17)29(34)35/h2-12,16H,13-14H2,1H3/t16-/m0/s1. The molecule has 2 aliphatic heterocycles. The van der Waals surface area contributed by atoms with Gasteiger partial charge in [-0.05, 0) is 55.0 Å². The summed E-state index contributed by atoms with van der Waals surface area (Å²) in [6.07, 6.45) is -0.0536. The molecule has 2 aliphatic rings. The van der Waals surface area contributed by atoms with Gasteiger partial charge < -0.3 is 9.64 Å². The van der Waals surface area contributed by atoms with Crippen LogP contribution in [0.15, 0.2) is 66.7 Å². The third kappa shape index (κ3) is 3.88. The molecular formula is C26H19N3O7. The first-order chi connectivity index (χ1) is 17.2. The third-order valence-corrected chi connectivity index (χ3v) is 6.25. The van der Waals surface area contributed by atoms with Gasteiger partial charge in [-0.15, -0.1) is 0 Å². The molecule has 180 valence electrons. The molecule has 5 rings (SSSR count). The quantitative estimate of drug-likeness (QED) is 0.177. The zero-order valence-corrected chi connectivity index (χ0v) is 19.0. The highest BCUT2D eigenvalue weighted by Gasteiger charge is 2.38.